The van der Waals surface area contributed by atoms with E-state index >= 15 is 0 Å². The van der Waals surface area contributed by atoms with Crippen molar-refractivity contribution in [2.45, 2.75) is 25.2 Å². The van der Waals surface area contributed by atoms with Gasteiger partial charge in [-0.15, -0.1) is 8.42 Å². The topological polar surface area (TPSA) is 93.3 Å². The van der Waals surface area contributed by atoms with E-state index in [9.17, 15) is 13.0 Å². The molecule has 1 aromatic heterocycles. The highest BCUT2D eigenvalue weighted by atomic mass is 32.2. The van der Waals surface area contributed by atoms with Gasteiger partial charge in [0.15, 0.2) is 0 Å². The number of hydrogen-bond donors (Lipinski definition) is 1. The third-order valence-corrected chi connectivity index (χ3v) is 5.58. The first-order valence-corrected chi connectivity index (χ1v) is 8.45. The van der Waals surface area contributed by atoms with Crippen molar-refractivity contribution in [3.63, 3.8) is 0 Å². The number of quaternary nitrogens is 1. The van der Waals surface area contributed by atoms with Crippen LogP contribution < -0.4 is 3.89 Å². The zero-order valence-electron chi connectivity index (χ0n) is 12.4. The maximum atomic E-state index is 11.4. The molecule has 1 saturated carbocycles. The Morgan fingerprint density at radius 1 is 1.23 bits per heavy atom. The third-order valence-electron chi connectivity index (χ3n) is 4.22. The number of rotatable bonds is 4. The minimum absolute atomic E-state index is 0.371. The van der Waals surface area contributed by atoms with Crippen molar-refractivity contribution in [2.24, 2.45) is 0 Å². The molecule has 2 aromatic rings. The molecule has 1 aliphatic carbocycles. The summed E-state index contributed by atoms with van der Waals surface area (Å²) in [4.78, 5) is 4.39. The molecule has 1 fully saturated rings. The highest BCUT2D eigenvalue weighted by Crippen LogP contribution is 2.36. The second-order valence-corrected chi connectivity index (χ2v) is 7.74. The number of hydrogen-bond acceptors (Lipinski definition) is 5. The van der Waals surface area contributed by atoms with Crippen molar-refractivity contribution in [3.8, 4) is 11.4 Å². The summed E-state index contributed by atoms with van der Waals surface area (Å²) in [6.07, 6.45) is 3.36. The lowest BCUT2D eigenvalue weighted by Gasteiger charge is -2.23. The summed E-state index contributed by atoms with van der Waals surface area (Å²) in [5, 5.41) is 3.97. The van der Waals surface area contributed by atoms with Crippen molar-refractivity contribution >= 4 is 16.0 Å². The third kappa shape index (κ3) is 2.53. The average Bonchev–Trinajstić information content (AvgIpc) is 2.85. The fourth-order valence-corrected chi connectivity index (χ4v) is 2.66. The Morgan fingerprint density at radius 2 is 1.86 bits per heavy atom. The molecule has 0 unspecified atom stereocenters. The van der Waals surface area contributed by atoms with Crippen LogP contribution in [0.5, 0.6) is 0 Å². The molecule has 1 aliphatic rings. The zero-order valence-corrected chi connectivity index (χ0v) is 13.2. The monoisotopic (exact) mass is 324 g/mol. The van der Waals surface area contributed by atoms with Crippen molar-refractivity contribution < 1.29 is 17.5 Å². The lowest BCUT2D eigenvalue weighted by Crippen LogP contribution is -2.45. The number of aromatic nitrogens is 2. The maximum Gasteiger partial charge on any atom is 0.437 e. The molecule has 0 atom stereocenters. The van der Waals surface area contributed by atoms with Crippen molar-refractivity contribution in [1.82, 2.24) is 14.0 Å². The van der Waals surface area contributed by atoms with Crippen LogP contribution in [0.4, 0.5) is 5.69 Å². The van der Waals surface area contributed by atoms with E-state index in [2.05, 4.69) is 10.1 Å². The van der Waals surface area contributed by atoms with Gasteiger partial charge in [0.25, 0.3) is 0 Å². The van der Waals surface area contributed by atoms with Crippen LogP contribution >= 0.6 is 0 Å². The van der Waals surface area contributed by atoms with Crippen LogP contribution in [0.15, 0.2) is 28.8 Å². The molecule has 0 amide bonds. The van der Waals surface area contributed by atoms with Gasteiger partial charge in [0.2, 0.25) is 11.7 Å². The summed E-state index contributed by atoms with van der Waals surface area (Å²) in [6, 6.07) is 6.69. The van der Waals surface area contributed by atoms with Gasteiger partial charge in [0.05, 0.1) is 14.1 Å². The first-order valence-electron chi connectivity index (χ1n) is 7.05. The van der Waals surface area contributed by atoms with Crippen molar-refractivity contribution in [2.75, 3.05) is 14.1 Å². The smallest absolute Gasteiger partial charge is 0.339 e. The van der Waals surface area contributed by atoms with Crippen molar-refractivity contribution in [3.05, 3.63) is 30.2 Å². The van der Waals surface area contributed by atoms with Crippen LogP contribution in [0.3, 0.4) is 0 Å². The number of benzene rings is 1. The Bertz CT molecular complexity index is 777. The molecule has 3 rings (SSSR count). The van der Waals surface area contributed by atoms with E-state index in [0.29, 0.717) is 23.3 Å². The lowest BCUT2D eigenvalue weighted by atomic mass is 9.85. The molecular formula is C14H18N3O4S+. The molecule has 22 heavy (non-hydrogen) atoms. The molecule has 7 nitrogen and oxygen atoms in total. The Hall–Kier alpha value is -1.77. The van der Waals surface area contributed by atoms with E-state index in [-0.39, 0.29) is 0 Å². The molecule has 0 saturated heterocycles. The van der Waals surface area contributed by atoms with E-state index < -0.39 is 14.2 Å². The standard InChI is InChI=1S/C14H17N3O4S/c1-17(2,22(18,19)20)12-8-6-10(7-9-12)13-15-14(21-16-13)11-4-3-5-11/h6-9,11H,3-5H2,1-2H3/p+1. The molecule has 8 heteroatoms. The fourth-order valence-electron chi connectivity index (χ4n) is 2.28. The van der Waals surface area contributed by atoms with Crippen LogP contribution in [0.2, 0.25) is 0 Å². The average molecular weight is 324 g/mol. The molecule has 118 valence electrons. The lowest BCUT2D eigenvalue weighted by molar-refractivity contribution is 0.292. The normalized spacial score (nSPS) is 16.5. The second-order valence-electron chi connectivity index (χ2n) is 5.93. The van der Waals surface area contributed by atoms with Gasteiger partial charge < -0.3 is 4.52 Å². The first kappa shape index (κ1) is 15.1. The summed E-state index contributed by atoms with van der Waals surface area (Å²) in [5.74, 6) is 1.53. The predicted molar refractivity (Wildman–Crippen MR) is 81.5 cm³/mol. The van der Waals surface area contributed by atoms with Gasteiger partial charge in [-0.2, -0.15) is 8.87 Å². The van der Waals surface area contributed by atoms with Gasteiger partial charge in [0, 0.05) is 23.6 Å². The zero-order chi connectivity index (χ0) is 16.0. The van der Waals surface area contributed by atoms with Crippen LogP contribution in [0.1, 0.15) is 31.1 Å². The summed E-state index contributed by atoms with van der Waals surface area (Å²) in [6.45, 7) is 0. The van der Waals surface area contributed by atoms with Gasteiger partial charge in [-0.25, -0.2) is 4.55 Å². The van der Waals surface area contributed by atoms with E-state index in [1.165, 1.54) is 20.5 Å². The van der Waals surface area contributed by atoms with Crippen LogP contribution in [0, 0.1) is 0 Å². The van der Waals surface area contributed by atoms with E-state index in [1.54, 1.807) is 24.3 Å². The van der Waals surface area contributed by atoms with Gasteiger partial charge in [-0.05, 0) is 25.0 Å². The number of nitrogens with zero attached hydrogens (tertiary/aromatic N) is 3. The molecule has 0 aliphatic heterocycles. The highest BCUT2D eigenvalue weighted by Gasteiger charge is 2.33. The summed E-state index contributed by atoms with van der Waals surface area (Å²) in [7, 11) is -1.46. The van der Waals surface area contributed by atoms with Crippen LogP contribution in [-0.4, -0.2) is 37.2 Å². The largest absolute Gasteiger partial charge is 0.437 e. The molecule has 1 heterocycles. The first-order chi connectivity index (χ1) is 10.3. The van der Waals surface area contributed by atoms with Crippen LogP contribution in [0.25, 0.3) is 11.4 Å². The van der Waals surface area contributed by atoms with Gasteiger partial charge in [0.1, 0.15) is 5.69 Å². The van der Waals surface area contributed by atoms with E-state index in [1.807, 2.05) is 0 Å². The molecule has 1 N–H and O–H groups in total. The minimum Gasteiger partial charge on any atom is -0.339 e. The van der Waals surface area contributed by atoms with E-state index in [4.69, 9.17) is 4.52 Å². The summed E-state index contributed by atoms with van der Waals surface area (Å²) < 4.78 is 36.7. The Balaban J connectivity index is 1.86. The summed E-state index contributed by atoms with van der Waals surface area (Å²) in [5.41, 5.74) is 1.18. The SMILES string of the molecule is C[N+](C)(c1ccc(-c2noc(C3CCC3)n2)cc1)S(=O)(=O)O. The van der Waals surface area contributed by atoms with E-state index in [0.717, 1.165) is 18.4 Å². The van der Waals surface area contributed by atoms with Crippen LogP contribution in [-0.2, 0) is 10.3 Å². The molecule has 0 bridgehead atoms. The molecule has 1 aromatic carbocycles. The Kier molecular flexibility index (Phi) is 3.54. The van der Waals surface area contributed by atoms with Crippen molar-refractivity contribution in [1.29, 1.82) is 0 Å². The maximum absolute atomic E-state index is 11.4. The Morgan fingerprint density at radius 3 is 2.36 bits per heavy atom. The second kappa shape index (κ2) is 5.15. The molecule has 0 radical (unpaired) electrons. The van der Waals surface area contributed by atoms with Gasteiger partial charge in [-0.3, -0.25) is 0 Å². The highest BCUT2D eigenvalue weighted by molar-refractivity contribution is 7.85. The molecular weight excluding hydrogens is 306 g/mol. The van der Waals surface area contributed by atoms with Gasteiger partial charge >= 0.3 is 10.3 Å². The fraction of sp³-hybridized carbons (Fsp3) is 0.429. The Labute approximate surface area is 129 Å². The predicted octanol–water partition coefficient (Wildman–Crippen LogP) is 2.37. The quantitative estimate of drug-likeness (QED) is 0.685. The van der Waals surface area contributed by atoms with Gasteiger partial charge in [-0.1, -0.05) is 11.6 Å². The minimum atomic E-state index is -4.25. The molecule has 0 spiro atoms. The summed E-state index contributed by atoms with van der Waals surface area (Å²) >= 11 is 0.